The molecule has 1 aliphatic heterocycles. The van der Waals surface area contributed by atoms with E-state index in [2.05, 4.69) is 18.3 Å². The predicted octanol–water partition coefficient (Wildman–Crippen LogP) is 2.91. The first kappa shape index (κ1) is 13.1. The molecule has 0 aliphatic carbocycles. The van der Waals surface area contributed by atoms with Gasteiger partial charge in [0.25, 0.3) is 0 Å². The zero-order chi connectivity index (χ0) is 13.0. The molecule has 0 fully saturated rings. The van der Waals surface area contributed by atoms with Gasteiger partial charge in [-0.2, -0.15) is 0 Å². The molecule has 2 rings (SSSR count). The van der Waals surface area contributed by atoms with Crippen LogP contribution in [0.15, 0.2) is 36.2 Å². The Morgan fingerprint density at radius 2 is 2.39 bits per heavy atom. The Kier molecular flexibility index (Phi) is 4.37. The molecule has 1 aromatic carbocycles. The zero-order valence-electron chi connectivity index (χ0n) is 10.5. The van der Waals surface area contributed by atoms with E-state index in [9.17, 15) is 0 Å². The molecule has 0 saturated heterocycles. The number of rotatable bonds is 5. The fourth-order valence-electron chi connectivity index (χ4n) is 2.14. The summed E-state index contributed by atoms with van der Waals surface area (Å²) in [6.45, 7) is 3.03. The Morgan fingerprint density at radius 1 is 1.56 bits per heavy atom. The van der Waals surface area contributed by atoms with Gasteiger partial charge < -0.3 is 15.8 Å². The molecule has 1 aromatic rings. The van der Waals surface area contributed by atoms with Gasteiger partial charge in [0.1, 0.15) is 5.75 Å². The molecule has 0 unspecified atom stereocenters. The second kappa shape index (κ2) is 6.01. The number of halogens is 1. The van der Waals surface area contributed by atoms with E-state index in [0.29, 0.717) is 10.9 Å². The van der Waals surface area contributed by atoms with E-state index in [1.54, 1.807) is 0 Å². The van der Waals surface area contributed by atoms with Crippen LogP contribution >= 0.6 is 11.6 Å². The Hall–Kier alpha value is -1.35. The lowest BCUT2D eigenvalue weighted by molar-refractivity contribution is 0.173. The summed E-state index contributed by atoms with van der Waals surface area (Å²) in [5.74, 6) is 2.06. The first-order chi connectivity index (χ1) is 8.67. The summed E-state index contributed by atoms with van der Waals surface area (Å²) in [6.07, 6.45) is 4.20. The third-order valence-electron chi connectivity index (χ3n) is 3.10. The van der Waals surface area contributed by atoms with Crippen molar-refractivity contribution in [2.75, 3.05) is 6.54 Å². The van der Waals surface area contributed by atoms with Crippen molar-refractivity contribution in [3.8, 4) is 5.75 Å². The van der Waals surface area contributed by atoms with Gasteiger partial charge in [-0.25, -0.2) is 0 Å². The molecule has 0 radical (unpaired) electrons. The first-order valence-corrected chi connectivity index (χ1v) is 6.68. The highest BCUT2D eigenvalue weighted by atomic mass is 35.5. The zero-order valence-corrected chi connectivity index (χ0v) is 11.3. The lowest BCUT2D eigenvalue weighted by atomic mass is 10.0. The van der Waals surface area contributed by atoms with E-state index >= 15 is 0 Å². The minimum absolute atomic E-state index is 0.192. The highest BCUT2D eigenvalue weighted by Gasteiger charge is 2.19. The largest absolute Gasteiger partial charge is 0.490 e. The van der Waals surface area contributed by atoms with E-state index < -0.39 is 0 Å². The smallest absolute Gasteiger partial charge is 0.121 e. The van der Waals surface area contributed by atoms with Crippen LogP contribution in [0.5, 0.6) is 5.75 Å². The summed E-state index contributed by atoms with van der Waals surface area (Å²) in [5.41, 5.74) is 5.71. The van der Waals surface area contributed by atoms with Crippen LogP contribution < -0.4 is 15.8 Å². The van der Waals surface area contributed by atoms with E-state index in [1.165, 1.54) is 0 Å². The maximum absolute atomic E-state index is 5.96. The van der Waals surface area contributed by atoms with Crippen molar-refractivity contribution < 1.29 is 4.74 Å². The highest BCUT2D eigenvalue weighted by molar-refractivity contribution is 6.30. The predicted molar refractivity (Wildman–Crippen MR) is 74.5 cm³/mol. The number of nitrogens with two attached hydrogens (primary N) is 1. The number of nitrogens with one attached hydrogen (secondary N) is 1. The lowest BCUT2D eigenvalue weighted by Crippen LogP contribution is -2.22. The van der Waals surface area contributed by atoms with E-state index in [-0.39, 0.29) is 6.10 Å². The molecule has 0 saturated carbocycles. The molecule has 1 aliphatic rings. The second-order valence-electron chi connectivity index (χ2n) is 4.60. The molecule has 1 heterocycles. The van der Waals surface area contributed by atoms with Crippen LogP contribution in [0, 0.1) is 5.92 Å². The quantitative estimate of drug-likeness (QED) is 0.862. The minimum atomic E-state index is 0.192. The van der Waals surface area contributed by atoms with E-state index in [1.807, 2.05) is 24.3 Å². The van der Waals surface area contributed by atoms with Crippen molar-refractivity contribution in [1.82, 2.24) is 5.32 Å². The second-order valence-corrected chi connectivity index (χ2v) is 5.04. The Balaban J connectivity index is 1.93. The Labute approximate surface area is 113 Å². The fraction of sp³-hybridized carbons (Fsp3) is 0.429. The summed E-state index contributed by atoms with van der Waals surface area (Å²) in [4.78, 5) is 0. The van der Waals surface area contributed by atoms with Gasteiger partial charge in [0.05, 0.1) is 11.9 Å². The average molecular weight is 267 g/mol. The molecule has 98 valence electrons. The molecule has 0 spiro atoms. The SMILES string of the molecule is CC[C@H](C[C@H]1C=C(N)NC1)Oc1cccc(Cl)c1. The summed E-state index contributed by atoms with van der Waals surface area (Å²) in [5, 5.41) is 3.84. The van der Waals surface area contributed by atoms with E-state index in [4.69, 9.17) is 22.1 Å². The Morgan fingerprint density at radius 3 is 3.00 bits per heavy atom. The van der Waals surface area contributed by atoms with Crippen molar-refractivity contribution in [2.24, 2.45) is 11.7 Å². The molecule has 0 aromatic heterocycles. The van der Waals surface area contributed by atoms with Gasteiger partial charge in [-0.1, -0.05) is 24.6 Å². The molecule has 0 bridgehead atoms. The van der Waals surface area contributed by atoms with Crippen LogP contribution in [0.1, 0.15) is 19.8 Å². The number of hydrogen-bond acceptors (Lipinski definition) is 3. The fourth-order valence-corrected chi connectivity index (χ4v) is 2.32. The Bertz CT molecular complexity index is 434. The van der Waals surface area contributed by atoms with Crippen molar-refractivity contribution in [3.63, 3.8) is 0 Å². The van der Waals surface area contributed by atoms with Gasteiger partial charge in [0, 0.05) is 17.5 Å². The number of hydrogen-bond donors (Lipinski definition) is 2. The van der Waals surface area contributed by atoms with Crippen molar-refractivity contribution >= 4 is 11.6 Å². The normalized spacial score (nSPS) is 20.1. The van der Waals surface area contributed by atoms with E-state index in [0.717, 1.165) is 31.0 Å². The maximum Gasteiger partial charge on any atom is 0.121 e. The van der Waals surface area contributed by atoms with Crippen LogP contribution in [0.2, 0.25) is 5.02 Å². The number of ether oxygens (including phenoxy) is 1. The van der Waals surface area contributed by atoms with Crippen molar-refractivity contribution in [2.45, 2.75) is 25.9 Å². The number of benzene rings is 1. The van der Waals surface area contributed by atoms with Crippen LogP contribution in [0.3, 0.4) is 0 Å². The summed E-state index contributed by atoms with van der Waals surface area (Å²) in [6, 6.07) is 7.53. The van der Waals surface area contributed by atoms with Crippen LogP contribution in [0.4, 0.5) is 0 Å². The topological polar surface area (TPSA) is 47.3 Å². The van der Waals surface area contributed by atoms with Crippen LogP contribution in [-0.2, 0) is 0 Å². The molecule has 3 N–H and O–H groups in total. The standard InChI is InChI=1S/C14H19ClN2O/c1-2-12(6-10-7-14(16)17-9-10)18-13-5-3-4-11(15)8-13/h3-5,7-8,10,12,17H,2,6,9,16H2,1H3/t10-,12+/m0/s1. The maximum atomic E-state index is 5.96. The van der Waals surface area contributed by atoms with Crippen molar-refractivity contribution in [3.05, 3.63) is 41.2 Å². The summed E-state index contributed by atoms with van der Waals surface area (Å²) in [7, 11) is 0. The molecular weight excluding hydrogens is 248 g/mol. The third kappa shape index (κ3) is 3.57. The molecule has 3 nitrogen and oxygen atoms in total. The molecule has 0 amide bonds. The summed E-state index contributed by atoms with van der Waals surface area (Å²) < 4.78 is 5.96. The highest BCUT2D eigenvalue weighted by Crippen LogP contribution is 2.23. The summed E-state index contributed by atoms with van der Waals surface area (Å²) >= 11 is 5.94. The van der Waals surface area contributed by atoms with Gasteiger partial charge in [-0.3, -0.25) is 0 Å². The first-order valence-electron chi connectivity index (χ1n) is 6.30. The van der Waals surface area contributed by atoms with Gasteiger partial charge in [-0.15, -0.1) is 0 Å². The molecule has 4 heteroatoms. The van der Waals surface area contributed by atoms with Gasteiger partial charge in [0.15, 0.2) is 0 Å². The molecular formula is C14H19ClN2O. The van der Waals surface area contributed by atoms with Crippen LogP contribution in [0.25, 0.3) is 0 Å². The van der Waals surface area contributed by atoms with Crippen LogP contribution in [-0.4, -0.2) is 12.6 Å². The van der Waals surface area contributed by atoms with Gasteiger partial charge in [0.2, 0.25) is 0 Å². The minimum Gasteiger partial charge on any atom is -0.490 e. The monoisotopic (exact) mass is 266 g/mol. The van der Waals surface area contributed by atoms with Gasteiger partial charge in [-0.05, 0) is 37.1 Å². The molecule has 18 heavy (non-hydrogen) atoms. The van der Waals surface area contributed by atoms with Gasteiger partial charge >= 0.3 is 0 Å². The molecule has 2 atom stereocenters. The van der Waals surface area contributed by atoms with Crippen molar-refractivity contribution in [1.29, 1.82) is 0 Å². The average Bonchev–Trinajstić information content (AvgIpc) is 2.74. The third-order valence-corrected chi connectivity index (χ3v) is 3.34. The lowest BCUT2D eigenvalue weighted by Gasteiger charge is -2.20.